The van der Waals surface area contributed by atoms with Crippen molar-refractivity contribution >= 4 is 12.2 Å². The largest absolute Gasteiger partial charge is 0.246 e. The van der Waals surface area contributed by atoms with Crippen LogP contribution >= 0.6 is 0 Å². The molecule has 278 valence electrons. The molecule has 0 radical (unpaired) electrons. The van der Waals surface area contributed by atoms with Gasteiger partial charge in [0.2, 0.25) is 0 Å². The first-order chi connectivity index (χ1) is 26.6. The maximum atomic E-state index is 8.91. The van der Waals surface area contributed by atoms with Crippen molar-refractivity contribution in [1.82, 2.24) is 19.9 Å². The highest BCUT2D eigenvalue weighted by molar-refractivity contribution is 5.57. The Kier molecular flexibility index (Phi) is 15.2. The maximum Gasteiger partial charge on any atom is 0.154 e. The third kappa shape index (κ3) is 12.0. The van der Waals surface area contributed by atoms with Crippen molar-refractivity contribution in [3.63, 3.8) is 0 Å². The van der Waals surface area contributed by atoms with Gasteiger partial charge in [0.05, 0.1) is 24.3 Å². The standard InChI is InChI=1S/C24H20N4.C24H23N3.CH4/c1-17-12-21(4-3-10-25)13-18(2)23(17)15-22-9-11-27-24(28-22)14-19-5-7-20(16-26)8-6-19;1-17-5-7-20(8-6-17)15-24-26-12-10-22(27-24)16-23-18(2)13-21(9-11-25-4)14-19(23)3;/h3-9,11-13H,14-15H2,1-2H3;5-14H,15-16H2,1-3H3;1H4/b;11-9+;. The SMILES string of the molecule is C.Cc1cc(C=CC#N)cc(C)c1Cc1ccnc(Cc2ccc(C#N)cc2)n1.[C-]#[N+]/C=C/c1cc(C)c(Cc2ccnc(Cc3ccc(C)cc3)n2)c(C)c1. The minimum atomic E-state index is 0. The Hall–Kier alpha value is -7.01. The van der Waals surface area contributed by atoms with E-state index in [-0.39, 0.29) is 7.43 Å². The van der Waals surface area contributed by atoms with Crippen LogP contribution < -0.4 is 0 Å². The molecule has 56 heavy (non-hydrogen) atoms. The lowest BCUT2D eigenvalue weighted by atomic mass is 9.95. The number of nitriles is 2. The van der Waals surface area contributed by atoms with E-state index >= 15 is 0 Å². The molecule has 0 saturated carbocycles. The molecule has 6 aromatic rings. The summed E-state index contributed by atoms with van der Waals surface area (Å²) in [6.07, 6.45) is 13.2. The van der Waals surface area contributed by atoms with Gasteiger partial charge in [-0.25, -0.2) is 24.8 Å². The van der Waals surface area contributed by atoms with Crippen molar-refractivity contribution in [3.05, 3.63) is 211 Å². The highest BCUT2D eigenvalue weighted by Crippen LogP contribution is 2.22. The van der Waals surface area contributed by atoms with Crippen LogP contribution in [0.1, 0.15) is 97.2 Å². The first-order valence-electron chi connectivity index (χ1n) is 18.1. The predicted molar refractivity (Wildman–Crippen MR) is 226 cm³/mol. The van der Waals surface area contributed by atoms with Crippen molar-refractivity contribution in [2.75, 3.05) is 0 Å². The van der Waals surface area contributed by atoms with Crippen LogP contribution in [0.25, 0.3) is 17.0 Å². The number of benzene rings is 4. The molecule has 6 rings (SSSR count). The summed E-state index contributed by atoms with van der Waals surface area (Å²) in [5.74, 6) is 1.62. The van der Waals surface area contributed by atoms with E-state index in [9.17, 15) is 0 Å². The van der Waals surface area contributed by atoms with Gasteiger partial charge in [0.15, 0.2) is 6.20 Å². The van der Waals surface area contributed by atoms with Gasteiger partial charge in [0.25, 0.3) is 0 Å². The second-order valence-corrected chi connectivity index (χ2v) is 13.6. The van der Waals surface area contributed by atoms with Gasteiger partial charge in [-0.15, -0.1) is 0 Å². The summed E-state index contributed by atoms with van der Waals surface area (Å²) in [4.78, 5) is 21.6. The fraction of sp³-hybridized carbons (Fsp3) is 0.204. The van der Waals surface area contributed by atoms with E-state index in [1.54, 1.807) is 6.20 Å². The van der Waals surface area contributed by atoms with Crippen molar-refractivity contribution < 1.29 is 0 Å². The highest BCUT2D eigenvalue weighted by Gasteiger charge is 2.10. The lowest BCUT2D eigenvalue weighted by Crippen LogP contribution is -2.03. The van der Waals surface area contributed by atoms with Crippen LogP contribution in [0, 0.1) is 63.9 Å². The fourth-order valence-electron chi connectivity index (χ4n) is 6.44. The Labute approximate surface area is 332 Å². The van der Waals surface area contributed by atoms with Crippen molar-refractivity contribution in [2.45, 2.75) is 67.7 Å². The molecule has 4 aromatic carbocycles. The monoisotopic (exact) mass is 733 g/mol. The molecular weight excluding hydrogens is 687 g/mol. The van der Waals surface area contributed by atoms with Gasteiger partial charge in [0.1, 0.15) is 11.6 Å². The molecular formula is C49H47N7. The zero-order chi connectivity index (χ0) is 39.2. The van der Waals surface area contributed by atoms with Gasteiger partial charge in [-0.1, -0.05) is 79.7 Å². The summed E-state index contributed by atoms with van der Waals surface area (Å²) >= 11 is 0. The Bertz CT molecular complexity index is 2410. The molecule has 0 fully saturated rings. The van der Waals surface area contributed by atoms with Crippen molar-refractivity contribution in [1.29, 1.82) is 10.5 Å². The number of aromatic nitrogens is 4. The lowest BCUT2D eigenvalue weighted by Gasteiger charge is -2.12. The first kappa shape index (κ1) is 41.7. The van der Waals surface area contributed by atoms with E-state index in [2.05, 4.69) is 104 Å². The van der Waals surface area contributed by atoms with E-state index in [1.165, 1.54) is 56.8 Å². The molecule has 0 N–H and O–H groups in total. The van der Waals surface area contributed by atoms with Gasteiger partial charge in [-0.3, -0.25) is 0 Å². The van der Waals surface area contributed by atoms with E-state index in [4.69, 9.17) is 27.1 Å². The molecule has 0 unspecified atom stereocenters. The third-order valence-corrected chi connectivity index (χ3v) is 9.30. The second-order valence-electron chi connectivity index (χ2n) is 13.6. The summed E-state index contributed by atoms with van der Waals surface area (Å²) in [7, 11) is 0. The van der Waals surface area contributed by atoms with Gasteiger partial charge in [-0.05, 0) is 121 Å². The number of nitrogens with zero attached hydrogens (tertiary/aromatic N) is 7. The number of hydrogen-bond acceptors (Lipinski definition) is 6. The minimum Gasteiger partial charge on any atom is -0.246 e. The summed E-state index contributed by atoms with van der Waals surface area (Å²) in [6.45, 7) is 17.4. The molecule has 0 saturated heterocycles. The van der Waals surface area contributed by atoms with E-state index in [0.717, 1.165) is 59.0 Å². The van der Waals surface area contributed by atoms with E-state index in [0.29, 0.717) is 12.0 Å². The molecule has 0 aliphatic rings. The van der Waals surface area contributed by atoms with Crippen LogP contribution in [0.2, 0.25) is 0 Å². The second kappa shape index (κ2) is 20.4. The average molecular weight is 734 g/mol. The van der Waals surface area contributed by atoms with E-state index < -0.39 is 0 Å². The molecule has 0 bridgehead atoms. The van der Waals surface area contributed by atoms with Crippen LogP contribution in [0.3, 0.4) is 0 Å². The molecule has 0 amide bonds. The maximum absolute atomic E-state index is 8.91. The van der Waals surface area contributed by atoms with Crippen LogP contribution in [0.5, 0.6) is 0 Å². The van der Waals surface area contributed by atoms with Crippen molar-refractivity contribution in [2.24, 2.45) is 0 Å². The Morgan fingerprint density at radius 3 is 1.48 bits per heavy atom. The molecule has 7 heteroatoms. The smallest absolute Gasteiger partial charge is 0.154 e. The summed E-state index contributed by atoms with van der Waals surface area (Å²) < 4.78 is 0. The Balaban J connectivity index is 0.000000244. The quantitative estimate of drug-likeness (QED) is 0.103. The zero-order valence-corrected chi connectivity index (χ0v) is 32.0. The number of hydrogen-bond donors (Lipinski definition) is 0. The molecule has 0 atom stereocenters. The van der Waals surface area contributed by atoms with Crippen LogP contribution in [0.15, 0.2) is 110 Å². The molecule has 0 aliphatic heterocycles. The van der Waals surface area contributed by atoms with Gasteiger partial charge in [-0.2, -0.15) is 10.5 Å². The minimum absolute atomic E-state index is 0. The van der Waals surface area contributed by atoms with E-state index in [1.807, 2.05) is 60.8 Å². The number of aryl methyl sites for hydroxylation is 5. The van der Waals surface area contributed by atoms with Crippen LogP contribution in [0.4, 0.5) is 0 Å². The van der Waals surface area contributed by atoms with Crippen LogP contribution in [-0.2, 0) is 25.7 Å². The van der Waals surface area contributed by atoms with Gasteiger partial charge in [0, 0.05) is 55.5 Å². The van der Waals surface area contributed by atoms with Crippen molar-refractivity contribution in [3.8, 4) is 12.1 Å². The molecule has 7 nitrogen and oxygen atoms in total. The lowest BCUT2D eigenvalue weighted by molar-refractivity contribution is 0.911. The number of allylic oxidation sites excluding steroid dienone is 1. The van der Waals surface area contributed by atoms with Gasteiger partial charge < -0.3 is 0 Å². The third-order valence-electron chi connectivity index (χ3n) is 9.30. The normalized spacial score (nSPS) is 10.5. The Morgan fingerprint density at radius 2 is 1.05 bits per heavy atom. The fourth-order valence-corrected chi connectivity index (χ4v) is 6.44. The van der Waals surface area contributed by atoms with Gasteiger partial charge >= 0.3 is 0 Å². The average Bonchev–Trinajstić information content (AvgIpc) is 3.18. The zero-order valence-electron chi connectivity index (χ0n) is 32.0. The van der Waals surface area contributed by atoms with Crippen LogP contribution in [-0.4, -0.2) is 19.9 Å². The summed E-state index contributed by atoms with van der Waals surface area (Å²) in [6, 6.07) is 32.5. The molecule has 2 heterocycles. The Morgan fingerprint density at radius 1 is 0.607 bits per heavy atom. The first-order valence-corrected chi connectivity index (χ1v) is 18.1. The molecule has 0 spiro atoms. The number of rotatable bonds is 10. The predicted octanol–water partition coefficient (Wildman–Crippen LogP) is 10.8. The topological polar surface area (TPSA) is 104 Å². The summed E-state index contributed by atoms with van der Waals surface area (Å²) in [5, 5.41) is 17.6. The highest BCUT2D eigenvalue weighted by atomic mass is 14.9. The molecule has 2 aromatic heterocycles. The summed E-state index contributed by atoms with van der Waals surface area (Å²) in [5.41, 5.74) is 15.7. The molecule has 0 aliphatic carbocycles.